The number of aryl methyl sites for hydroxylation is 1. The Morgan fingerprint density at radius 3 is 2.69 bits per heavy atom. The van der Waals surface area contributed by atoms with Crippen molar-refractivity contribution in [3.63, 3.8) is 0 Å². The lowest BCUT2D eigenvalue weighted by molar-refractivity contribution is 0.186. The van der Waals surface area contributed by atoms with E-state index < -0.39 is 0 Å². The van der Waals surface area contributed by atoms with Crippen LogP contribution >= 0.6 is 0 Å². The SMILES string of the molecule is COCCn1c(C)cc(C=Nn2c(-c3cc4c(OC)cccc4o3)nc3ccccc3c2=O)c1C. The van der Waals surface area contributed by atoms with Gasteiger partial charge in [-0.2, -0.15) is 9.78 Å². The summed E-state index contributed by atoms with van der Waals surface area (Å²) >= 11 is 0. The maximum atomic E-state index is 13.5. The quantitative estimate of drug-likeness (QED) is 0.320. The molecule has 0 bridgehead atoms. The van der Waals surface area contributed by atoms with E-state index in [1.165, 1.54) is 4.68 Å². The summed E-state index contributed by atoms with van der Waals surface area (Å²) in [5.41, 5.74) is 3.98. The summed E-state index contributed by atoms with van der Waals surface area (Å²) in [6.45, 7) is 5.42. The number of furan rings is 1. The van der Waals surface area contributed by atoms with E-state index in [-0.39, 0.29) is 5.56 Å². The predicted molar refractivity (Wildman–Crippen MR) is 137 cm³/mol. The molecular weight excluding hydrogens is 444 g/mol. The zero-order chi connectivity index (χ0) is 24.5. The van der Waals surface area contributed by atoms with Gasteiger partial charge in [-0.15, -0.1) is 0 Å². The lowest BCUT2D eigenvalue weighted by Crippen LogP contribution is -2.20. The van der Waals surface area contributed by atoms with Crippen LogP contribution in [0.5, 0.6) is 5.75 Å². The fourth-order valence-corrected chi connectivity index (χ4v) is 4.32. The lowest BCUT2D eigenvalue weighted by Gasteiger charge is -2.08. The zero-order valence-electron chi connectivity index (χ0n) is 20.1. The molecule has 5 rings (SSSR count). The highest BCUT2D eigenvalue weighted by Gasteiger charge is 2.18. The third-order valence-electron chi connectivity index (χ3n) is 6.16. The predicted octanol–water partition coefficient (Wildman–Crippen LogP) is 4.77. The second kappa shape index (κ2) is 9.23. The summed E-state index contributed by atoms with van der Waals surface area (Å²) in [6, 6.07) is 16.7. The number of nitrogens with zero attached hydrogens (tertiary/aromatic N) is 4. The molecule has 0 atom stereocenters. The molecule has 0 saturated heterocycles. The van der Waals surface area contributed by atoms with Crippen molar-refractivity contribution >= 4 is 28.1 Å². The van der Waals surface area contributed by atoms with Gasteiger partial charge in [0.2, 0.25) is 5.82 Å². The van der Waals surface area contributed by atoms with Crippen molar-refractivity contribution in [2.24, 2.45) is 5.10 Å². The number of methoxy groups -OCH3 is 2. The average molecular weight is 471 g/mol. The van der Waals surface area contributed by atoms with E-state index in [4.69, 9.17) is 18.9 Å². The molecule has 8 nitrogen and oxygen atoms in total. The Kier molecular flexibility index (Phi) is 5.96. The standard InChI is InChI=1S/C27H26N4O4/c1-17-14-19(18(2)30(17)12-13-33-3)16-28-31-26(29-22-9-6-5-8-20(22)27(31)32)25-15-21-23(34-4)10-7-11-24(21)35-25/h5-11,14-16H,12-13H2,1-4H3. The van der Waals surface area contributed by atoms with Gasteiger partial charge in [0.15, 0.2) is 5.76 Å². The molecular formula is C27H26N4O4. The van der Waals surface area contributed by atoms with Crippen LogP contribution in [-0.2, 0) is 11.3 Å². The topological polar surface area (TPSA) is 83.8 Å². The summed E-state index contributed by atoms with van der Waals surface area (Å²) < 4.78 is 20.3. The molecule has 0 aliphatic carbocycles. The summed E-state index contributed by atoms with van der Waals surface area (Å²) in [5.74, 6) is 1.42. The van der Waals surface area contributed by atoms with Gasteiger partial charge in [-0.3, -0.25) is 4.79 Å². The molecule has 35 heavy (non-hydrogen) atoms. The largest absolute Gasteiger partial charge is 0.496 e. The first-order valence-corrected chi connectivity index (χ1v) is 11.3. The normalized spacial score (nSPS) is 11.8. The van der Waals surface area contributed by atoms with Crippen molar-refractivity contribution in [3.8, 4) is 17.3 Å². The van der Waals surface area contributed by atoms with E-state index in [1.54, 1.807) is 32.6 Å². The molecule has 0 fully saturated rings. The van der Waals surface area contributed by atoms with Crippen molar-refractivity contribution in [1.82, 2.24) is 14.2 Å². The number of benzene rings is 2. The van der Waals surface area contributed by atoms with Gasteiger partial charge in [0.1, 0.15) is 11.3 Å². The van der Waals surface area contributed by atoms with Gasteiger partial charge in [0, 0.05) is 30.6 Å². The van der Waals surface area contributed by atoms with Crippen molar-refractivity contribution in [2.75, 3.05) is 20.8 Å². The van der Waals surface area contributed by atoms with Crippen LogP contribution in [0.4, 0.5) is 0 Å². The van der Waals surface area contributed by atoms with Crippen LogP contribution in [0.2, 0.25) is 0 Å². The Labute approximate surface area is 202 Å². The maximum Gasteiger partial charge on any atom is 0.282 e. The van der Waals surface area contributed by atoms with E-state index >= 15 is 0 Å². The molecule has 0 amide bonds. The van der Waals surface area contributed by atoms with Crippen molar-refractivity contribution in [3.05, 3.63) is 81.9 Å². The number of hydrogen-bond donors (Lipinski definition) is 0. The fourth-order valence-electron chi connectivity index (χ4n) is 4.32. The van der Waals surface area contributed by atoms with Gasteiger partial charge in [-0.25, -0.2) is 4.98 Å². The zero-order valence-corrected chi connectivity index (χ0v) is 20.1. The molecule has 0 radical (unpaired) electrons. The first kappa shape index (κ1) is 22.6. The Morgan fingerprint density at radius 1 is 1.06 bits per heavy atom. The highest BCUT2D eigenvalue weighted by Crippen LogP contribution is 2.32. The van der Waals surface area contributed by atoms with E-state index in [0.29, 0.717) is 40.4 Å². The first-order valence-electron chi connectivity index (χ1n) is 11.3. The third kappa shape index (κ3) is 4.02. The van der Waals surface area contributed by atoms with E-state index in [0.717, 1.165) is 28.9 Å². The summed E-state index contributed by atoms with van der Waals surface area (Å²) in [7, 11) is 3.30. The number of hydrogen-bond acceptors (Lipinski definition) is 6. The Morgan fingerprint density at radius 2 is 1.89 bits per heavy atom. The van der Waals surface area contributed by atoms with Crippen LogP contribution in [0.15, 0.2) is 68.9 Å². The number of ether oxygens (including phenoxy) is 2. The number of fused-ring (bicyclic) bond motifs is 2. The van der Waals surface area contributed by atoms with Gasteiger partial charge >= 0.3 is 0 Å². The number of aromatic nitrogens is 3. The smallest absolute Gasteiger partial charge is 0.282 e. The van der Waals surface area contributed by atoms with Gasteiger partial charge < -0.3 is 18.5 Å². The molecule has 178 valence electrons. The van der Waals surface area contributed by atoms with Gasteiger partial charge in [-0.1, -0.05) is 18.2 Å². The second-order valence-electron chi connectivity index (χ2n) is 8.27. The van der Waals surface area contributed by atoms with Crippen LogP contribution in [0, 0.1) is 13.8 Å². The minimum absolute atomic E-state index is 0.275. The Balaban J connectivity index is 1.68. The van der Waals surface area contributed by atoms with E-state index in [1.807, 2.05) is 56.3 Å². The van der Waals surface area contributed by atoms with Crippen molar-refractivity contribution < 1.29 is 13.9 Å². The molecule has 0 aliphatic heterocycles. The van der Waals surface area contributed by atoms with E-state index in [2.05, 4.69) is 9.67 Å². The molecule has 0 N–H and O–H groups in total. The molecule has 0 spiro atoms. The summed E-state index contributed by atoms with van der Waals surface area (Å²) in [4.78, 5) is 18.2. The van der Waals surface area contributed by atoms with Crippen LogP contribution in [0.25, 0.3) is 33.5 Å². The average Bonchev–Trinajstić information content (AvgIpc) is 3.42. The van der Waals surface area contributed by atoms with Gasteiger partial charge in [0.05, 0.1) is 36.2 Å². The van der Waals surface area contributed by atoms with Gasteiger partial charge in [0.25, 0.3) is 5.56 Å². The van der Waals surface area contributed by atoms with E-state index in [9.17, 15) is 4.79 Å². The van der Waals surface area contributed by atoms with Gasteiger partial charge in [-0.05, 0) is 50.2 Å². The second-order valence-corrected chi connectivity index (χ2v) is 8.27. The lowest BCUT2D eigenvalue weighted by atomic mass is 10.2. The molecule has 8 heteroatoms. The molecule has 3 aromatic heterocycles. The van der Waals surface area contributed by atoms with Crippen LogP contribution < -0.4 is 10.3 Å². The monoisotopic (exact) mass is 470 g/mol. The van der Waals surface area contributed by atoms with Crippen LogP contribution in [0.1, 0.15) is 17.0 Å². The molecule has 0 unspecified atom stereocenters. The molecule has 3 heterocycles. The molecule has 0 aliphatic rings. The van der Waals surface area contributed by atoms with Crippen molar-refractivity contribution in [2.45, 2.75) is 20.4 Å². The first-order chi connectivity index (χ1) is 17.0. The Hall–Kier alpha value is -4.17. The molecule has 2 aromatic carbocycles. The van der Waals surface area contributed by atoms with Crippen LogP contribution in [-0.4, -0.2) is 41.3 Å². The number of rotatable bonds is 7. The number of para-hydroxylation sites is 1. The third-order valence-corrected chi connectivity index (χ3v) is 6.16. The molecule has 0 saturated carbocycles. The summed E-state index contributed by atoms with van der Waals surface area (Å²) in [6.07, 6.45) is 1.69. The van der Waals surface area contributed by atoms with Crippen molar-refractivity contribution in [1.29, 1.82) is 0 Å². The highest BCUT2D eigenvalue weighted by atomic mass is 16.5. The summed E-state index contributed by atoms with van der Waals surface area (Å²) in [5, 5.41) is 5.87. The fraction of sp³-hybridized carbons (Fsp3) is 0.222. The highest BCUT2D eigenvalue weighted by molar-refractivity contribution is 5.88. The minimum Gasteiger partial charge on any atom is -0.496 e. The maximum absolute atomic E-state index is 13.5. The Bertz CT molecular complexity index is 1620. The minimum atomic E-state index is -0.275. The molecule has 5 aromatic rings. The van der Waals surface area contributed by atoms with Crippen LogP contribution in [0.3, 0.4) is 0 Å².